The van der Waals surface area contributed by atoms with E-state index in [1.54, 1.807) is 0 Å². The molecule has 0 bridgehead atoms. The Hall–Kier alpha value is -2.61. The van der Waals surface area contributed by atoms with Crippen molar-refractivity contribution in [1.29, 1.82) is 0 Å². The van der Waals surface area contributed by atoms with Gasteiger partial charge in [0.1, 0.15) is 5.75 Å². The molecular weight excluding hydrogens is 332 g/mol. The minimum atomic E-state index is -0.322. The van der Waals surface area contributed by atoms with Crippen LogP contribution in [-0.4, -0.2) is 5.97 Å². The van der Waals surface area contributed by atoms with Gasteiger partial charge in [-0.2, -0.15) is 0 Å². The van der Waals surface area contributed by atoms with Crippen molar-refractivity contribution in [3.8, 4) is 5.75 Å². The molecule has 2 aromatic carbocycles. The summed E-state index contributed by atoms with van der Waals surface area (Å²) in [6.45, 7) is 6.00. The average molecular weight is 360 g/mol. The summed E-state index contributed by atoms with van der Waals surface area (Å²) in [5.74, 6) is 1.60. The lowest BCUT2D eigenvalue weighted by atomic mass is 9.82. The zero-order chi connectivity index (χ0) is 19.1. The van der Waals surface area contributed by atoms with E-state index in [0.29, 0.717) is 23.1 Å². The van der Waals surface area contributed by atoms with Gasteiger partial charge in [-0.15, -0.1) is 6.58 Å². The van der Waals surface area contributed by atoms with Crippen LogP contribution in [0, 0.1) is 11.8 Å². The lowest BCUT2D eigenvalue weighted by Gasteiger charge is -2.24. The monoisotopic (exact) mass is 360 g/mol. The van der Waals surface area contributed by atoms with Crippen molar-refractivity contribution in [3.05, 3.63) is 84.0 Å². The van der Waals surface area contributed by atoms with E-state index in [0.717, 1.165) is 12.0 Å². The molecule has 1 saturated carbocycles. The van der Waals surface area contributed by atoms with Crippen LogP contribution in [0.3, 0.4) is 0 Å². The molecule has 0 heterocycles. The summed E-state index contributed by atoms with van der Waals surface area (Å²) in [5.41, 5.74) is 2.91. The van der Waals surface area contributed by atoms with Crippen LogP contribution in [-0.2, 0) is 6.42 Å². The van der Waals surface area contributed by atoms with Crippen molar-refractivity contribution in [2.75, 3.05) is 0 Å². The van der Waals surface area contributed by atoms with E-state index in [9.17, 15) is 4.79 Å². The second-order valence-electron chi connectivity index (χ2n) is 7.28. The van der Waals surface area contributed by atoms with Crippen LogP contribution in [0.25, 0.3) is 6.08 Å². The molecule has 0 N–H and O–H groups in total. The average Bonchev–Trinajstić information content (AvgIpc) is 2.73. The molecule has 0 unspecified atom stereocenters. The molecule has 27 heavy (non-hydrogen) atoms. The van der Waals surface area contributed by atoms with E-state index >= 15 is 0 Å². The van der Waals surface area contributed by atoms with Crippen LogP contribution in [0.15, 0.2) is 67.3 Å². The maximum absolute atomic E-state index is 12.3. The van der Waals surface area contributed by atoms with Crippen molar-refractivity contribution in [3.63, 3.8) is 0 Å². The predicted octanol–water partition coefficient (Wildman–Crippen LogP) is 6.47. The molecule has 2 nitrogen and oxygen atoms in total. The highest BCUT2D eigenvalue weighted by Crippen LogP contribution is 2.30. The zero-order valence-corrected chi connectivity index (χ0v) is 16.1. The third-order valence-electron chi connectivity index (χ3n) is 5.40. The smallest absolute Gasteiger partial charge is 0.343 e. The molecule has 0 radical (unpaired) electrons. The number of hydrogen-bond acceptors (Lipinski definition) is 2. The van der Waals surface area contributed by atoms with Crippen LogP contribution in [0.4, 0.5) is 0 Å². The minimum Gasteiger partial charge on any atom is -0.423 e. The summed E-state index contributed by atoms with van der Waals surface area (Å²) < 4.78 is 5.45. The molecule has 0 aliphatic heterocycles. The number of benzene rings is 2. The quantitative estimate of drug-likeness (QED) is 0.335. The van der Waals surface area contributed by atoms with Crippen LogP contribution in [0.5, 0.6) is 5.75 Å². The fraction of sp³-hybridized carbons (Fsp3) is 0.320. The first-order chi connectivity index (χ1) is 13.2. The Bertz CT molecular complexity index is 776. The number of carbonyl (C=O) groups excluding carboxylic acids is 1. The minimum absolute atomic E-state index is 0.322. The number of esters is 1. The van der Waals surface area contributed by atoms with Crippen LogP contribution in [0.1, 0.15) is 54.1 Å². The third kappa shape index (κ3) is 5.43. The number of rotatable bonds is 6. The van der Waals surface area contributed by atoms with E-state index in [1.165, 1.54) is 31.2 Å². The maximum atomic E-state index is 12.3. The highest BCUT2D eigenvalue weighted by molar-refractivity contribution is 5.91. The highest BCUT2D eigenvalue weighted by atomic mass is 16.5. The summed E-state index contributed by atoms with van der Waals surface area (Å²) in [7, 11) is 0. The van der Waals surface area contributed by atoms with Gasteiger partial charge in [0.15, 0.2) is 0 Å². The summed E-state index contributed by atoms with van der Waals surface area (Å²) in [6.07, 6.45) is 12.5. The van der Waals surface area contributed by atoms with Crippen molar-refractivity contribution >= 4 is 12.0 Å². The number of carbonyl (C=O) groups is 1. The Balaban J connectivity index is 1.55. The first kappa shape index (κ1) is 19.2. The summed E-state index contributed by atoms with van der Waals surface area (Å²) >= 11 is 0. The third-order valence-corrected chi connectivity index (χ3v) is 5.40. The Morgan fingerprint density at radius 2 is 1.63 bits per heavy atom. The SMILES string of the molecule is C=CC1CCC(C=Cc2ccc(C(=O)Oc3ccc(CC)cc3)cc2)CC1. The van der Waals surface area contributed by atoms with E-state index in [4.69, 9.17) is 4.74 Å². The first-order valence-electron chi connectivity index (χ1n) is 9.90. The molecular formula is C25H28O2. The van der Waals surface area contributed by atoms with Gasteiger partial charge in [-0.25, -0.2) is 4.79 Å². The fourth-order valence-electron chi connectivity index (χ4n) is 3.51. The molecule has 2 aromatic rings. The van der Waals surface area contributed by atoms with Crippen molar-refractivity contribution in [2.24, 2.45) is 11.8 Å². The molecule has 1 fully saturated rings. The summed E-state index contributed by atoms with van der Waals surface area (Å²) in [5, 5.41) is 0. The summed E-state index contributed by atoms with van der Waals surface area (Å²) in [6, 6.07) is 15.3. The Morgan fingerprint density at radius 3 is 2.22 bits per heavy atom. The van der Waals surface area contributed by atoms with Crippen LogP contribution >= 0.6 is 0 Å². The Labute approximate surface area is 162 Å². The standard InChI is InChI=1S/C25H28O2/c1-3-19-5-7-21(8-6-19)9-10-22-11-15-23(16-12-22)25(26)27-24-17-13-20(4-2)14-18-24/h3,9-19,21H,1,4-8H2,2H3. The molecule has 0 atom stereocenters. The number of hydrogen-bond donors (Lipinski definition) is 0. The lowest BCUT2D eigenvalue weighted by Crippen LogP contribution is -2.10. The number of ether oxygens (including phenoxy) is 1. The van der Waals surface area contributed by atoms with Crippen molar-refractivity contribution in [2.45, 2.75) is 39.0 Å². The van der Waals surface area contributed by atoms with E-state index in [1.807, 2.05) is 48.5 Å². The van der Waals surface area contributed by atoms with Gasteiger partial charge in [0.2, 0.25) is 0 Å². The molecule has 0 saturated heterocycles. The topological polar surface area (TPSA) is 26.3 Å². The highest BCUT2D eigenvalue weighted by Gasteiger charge is 2.16. The molecule has 2 heteroatoms. The molecule has 1 aliphatic carbocycles. The van der Waals surface area contributed by atoms with Gasteiger partial charge in [0.25, 0.3) is 0 Å². The molecule has 0 amide bonds. The molecule has 1 aliphatic rings. The number of aryl methyl sites for hydroxylation is 1. The van der Waals surface area contributed by atoms with Gasteiger partial charge in [0, 0.05) is 0 Å². The largest absolute Gasteiger partial charge is 0.423 e. The molecule has 3 rings (SSSR count). The fourth-order valence-corrected chi connectivity index (χ4v) is 3.51. The predicted molar refractivity (Wildman–Crippen MR) is 112 cm³/mol. The van der Waals surface area contributed by atoms with Gasteiger partial charge >= 0.3 is 5.97 Å². The van der Waals surface area contributed by atoms with E-state index in [2.05, 4.69) is 31.7 Å². The van der Waals surface area contributed by atoms with Gasteiger partial charge in [-0.3, -0.25) is 0 Å². The Morgan fingerprint density at radius 1 is 1.00 bits per heavy atom. The normalized spacial score (nSPS) is 19.7. The lowest BCUT2D eigenvalue weighted by molar-refractivity contribution is 0.0734. The van der Waals surface area contributed by atoms with E-state index in [-0.39, 0.29) is 5.97 Å². The van der Waals surface area contributed by atoms with Gasteiger partial charge in [-0.05, 0) is 79.3 Å². The second kappa shape index (κ2) is 9.36. The number of allylic oxidation sites excluding steroid dienone is 2. The molecule has 140 valence electrons. The van der Waals surface area contributed by atoms with E-state index < -0.39 is 0 Å². The van der Waals surface area contributed by atoms with Gasteiger partial charge in [0.05, 0.1) is 5.56 Å². The van der Waals surface area contributed by atoms with Crippen molar-refractivity contribution in [1.82, 2.24) is 0 Å². The van der Waals surface area contributed by atoms with Crippen molar-refractivity contribution < 1.29 is 9.53 Å². The van der Waals surface area contributed by atoms with Gasteiger partial charge in [-0.1, -0.05) is 49.4 Å². The van der Waals surface area contributed by atoms with Crippen LogP contribution < -0.4 is 4.74 Å². The molecule has 0 aromatic heterocycles. The molecule has 0 spiro atoms. The maximum Gasteiger partial charge on any atom is 0.343 e. The summed E-state index contributed by atoms with van der Waals surface area (Å²) in [4.78, 5) is 12.3. The van der Waals surface area contributed by atoms with Gasteiger partial charge < -0.3 is 4.74 Å². The Kier molecular flexibility index (Phi) is 6.64. The first-order valence-corrected chi connectivity index (χ1v) is 9.90. The second-order valence-corrected chi connectivity index (χ2v) is 7.28. The zero-order valence-electron chi connectivity index (χ0n) is 16.1. The van der Waals surface area contributed by atoms with Crippen LogP contribution in [0.2, 0.25) is 0 Å².